The van der Waals surface area contributed by atoms with Crippen molar-refractivity contribution in [1.82, 2.24) is 4.90 Å². The zero-order valence-electron chi connectivity index (χ0n) is 11.7. The molecule has 0 aliphatic rings. The first kappa shape index (κ1) is 14.9. The summed E-state index contributed by atoms with van der Waals surface area (Å²) < 4.78 is 0. The van der Waals surface area contributed by atoms with Gasteiger partial charge in [-0.05, 0) is 23.8 Å². The van der Waals surface area contributed by atoms with Gasteiger partial charge in [-0.15, -0.1) is 0 Å². The molecule has 0 aliphatic heterocycles. The summed E-state index contributed by atoms with van der Waals surface area (Å²) in [6.45, 7) is 0.577. The van der Waals surface area contributed by atoms with E-state index in [2.05, 4.69) is 0 Å². The highest BCUT2D eigenvalue weighted by Gasteiger charge is 2.16. The van der Waals surface area contributed by atoms with Crippen molar-refractivity contribution in [2.45, 2.75) is 6.54 Å². The third-order valence-electron chi connectivity index (χ3n) is 3.10. The fraction of sp³-hybridized carbons (Fsp3) is 0.188. The van der Waals surface area contributed by atoms with Gasteiger partial charge in [-0.25, -0.2) is 0 Å². The van der Waals surface area contributed by atoms with Gasteiger partial charge < -0.3 is 21.5 Å². The molecular weight excluding hydrogens is 266 g/mol. The number of nitrogen functional groups attached to an aromatic ring is 2. The first-order valence-electron chi connectivity index (χ1n) is 6.70. The minimum absolute atomic E-state index is 0.101. The van der Waals surface area contributed by atoms with Gasteiger partial charge in [-0.1, -0.05) is 30.3 Å². The van der Waals surface area contributed by atoms with E-state index in [0.29, 0.717) is 23.5 Å². The van der Waals surface area contributed by atoms with Crippen LogP contribution in [0.2, 0.25) is 0 Å². The van der Waals surface area contributed by atoms with Crippen molar-refractivity contribution in [3.05, 3.63) is 59.7 Å². The van der Waals surface area contributed by atoms with Crippen LogP contribution in [0, 0.1) is 0 Å². The second-order valence-electron chi connectivity index (χ2n) is 4.82. The maximum absolute atomic E-state index is 12.5. The Labute approximate surface area is 123 Å². The lowest BCUT2D eigenvalue weighted by molar-refractivity contribution is 0.0708. The minimum Gasteiger partial charge on any atom is -0.399 e. The Balaban J connectivity index is 2.22. The van der Waals surface area contributed by atoms with Crippen molar-refractivity contribution in [3.8, 4) is 0 Å². The Morgan fingerprint density at radius 3 is 2.24 bits per heavy atom. The molecule has 0 bridgehead atoms. The van der Waals surface area contributed by atoms with Crippen molar-refractivity contribution < 1.29 is 9.90 Å². The quantitative estimate of drug-likeness (QED) is 0.726. The van der Waals surface area contributed by atoms with Crippen LogP contribution in [0.25, 0.3) is 0 Å². The summed E-state index contributed by atoms with van der Waals surface area (Å²) >= 11 is 0. The average molecular weight is 285 g/mol. The highest BCUT2D eigenvalue weighted by molar-refractivity contribution is 5.96. The number of carbonyl (C=O) groups is 1. The van der Waals surface area contributed by atoms with E-state index in [-0.39, 0.29) is 19.1 Å². The second-order valence-corrected chi connectivity index (χ2v) is 4.82. The molecule has 2 aromatic rings. The number of aliphatic hydroxyl groups excluding tert-OH is 1. The summed E-state index contributed by atoms with van der Waals surface area (Å²) in [6.07, 6.45) is 0. The first-order valence-corrected chi connectivity index (χ1v) is 6.70. The van der Waals surface area contributed by atoms with Gasteiger partial charge in [-0.3, -0.25) is 4.79 Å². The van der Waals surface area contributed by atoms with Crippen LogP contribution in [0.15, 0.2) is 48.5 Å². The molecule has 0 saturated carbocycles. The number of benzene rings is 2. The third-order valence-corrected chi connectivity index (χ3v) is 3.10. The average Bonchev–Trinajstić information content (AvgIpc) is 2.46. The maximum atomic E-state index is 12.5. The van der Waals surface area contributed by atoms with Gasteiger partial charge in [0.2, 0.25) is 0 Å². The molecular formula is C16H19N3O2. The van der Waals surface area contributed by atoms with Crippen molar-refractivity contribution in [1.29, 1.82) is 0 Å². The molecule has 0 aliphatic carbocycles. The number of carbonyl (C=O) groups excluding carboxylic acids is 1. The lowest BCUT2D eigenvalue weighted by Gasteiger charge is -2.22. The number of rotatable bonds is 5. The van der Waals surface area contributed by atoms with Crippen LogP contribution in [0.1, 0.15) is 15.9 Å². The first-order chi connectivity index (χ1) is 10.1. The molecule has 0 unspecified atom stereocenters. The van der Waals surface area contributed by atoms with E-state index in [0.717, 1.165) is 5.56 Å². The van der Waals surface area contributed by atoms with E-state index in [1.807, 2.05) is 30.3 Å². The van der Waals surface area contributed by atoms with Crippen LogP contribution in [0.3, 0.4) is 0 Å². The predicted molar refractivity (Wildman–Crippen MR) is 83.5 cm³/mol. The predicted octanol–water partition coefficient (Wildman–Crippen LogP) is 1.49. The summed E-state index contributed by atoms with van der Waals surface area (Å²) in [7, 11) is 0. The Morgan fingerprint density at radius 2 is 1.67 bits per heavy atom. The van der Waals surface area contributed by atoms with Crippen molar-refractivity contribution in [3.63, 3.8) is 0 Å². The van der Waals surface area contributed by atoms with Crippen molar-refractivity contribution in [2.75, 3.05) is 24.6 Å². The lowest BCUT2D eigenvalue weighted by Crippen LogP contribution is -2.33. The van der Waals surface area contributed by atoms with Gasteiger partial charge in [0.1, 0.15) is 0 Å². The molecule has 5 heteroatoms. The molecule has 0 spiro atoms. The number of nitrogens with zero attached hydrogens (tertiary/aromatic N) is 1. The Hall–Kier alpha value is -2.53. The van der Waals surface area contributed by atoms with Gasteiger partial charge in [-0.2, -0.15) is 0 Å². The molecule has 0 radical (unpaired) electrons. The number of hydrogen-bond donors (Lipinski definition) is 3. The topological polar surface area (TPSA) is 92.6 Å². The minimum atomic E-state index is -0.202. The summed E-state index contributed by atoms with van der Waals surface area (Å²) in [5, 5.41) is 9.18. The van der Waals surface area contributed by atoms with Crippen molar-refractivity contribution in [2.24, 2.45) is 0 Å². The smallest absolute Gasteiger partial charge is 0.254 e. The van der Waals surface area contributed by atoms with E-state index < -0.39 is 0 Å². The van der Waals surface area contributed by atoms with Gasteiger partial charge in [0.25, 0.3) is 5.91 Å². The molecule has 5 nitrogen and oxygen atoms in total. The van der Waals surface area contributed by atoms with E-state index in [1.165, 1.54) is 0 Å². The van der Waals surface area contributed by atoms with Gasteiger partial charge in [0.05, 0.1) is 6.61 Å². The number of hydrogen-bond acceptors (Lipinski definition) is 4. The summed E-state index contributed by atoms with van der Waals surface area (Å²) in [4.78, 5) is 14.1. The summed E-state index contributed by atoms with van der Waals surface area (Å²) in [6, 6.07) is 14.4. The molecule has 0 fully saturated rings. The third kappa shape index (κ3) is 3.97. The molecule has 21 heavy (non-hydrogen) atoms. The molecule has 2 rings (SSSR count). The van der Waals surface area contributed by atoms with Crippen LogP contribution < -0.4 is 11.5 Å². The Bertz CT molecular complexity index is 594. The maximum Gasteiger partial charge on any atom is 0.254 e. The number of nitrogens with two attached hydrogens (primary N) is 2. The molecule has 0 saturated heterocycles. The molecule has 2 aromatic carbocycles. The fourth-order valence-corrected chi connectivity index (χ4v) is 2.16. The summed E-state index contributed by atoms with van der Waals surface area (Å²) in [5.41, 5.74) is 13.8. The van der Waals surface area contributed by atoms with E-state index >= 15 is 0 Å². The van der Waals surface area contributed by atoms with Crippen molar-refractivity contribution >= 4 is 17.3 Å². The van der Waals surface area contributed by atoms with E-state index in [9.17, 15) is 9.90 Å². The van der Waals surface area contributed by atoms with Crippen LogP contribution in [0.5, 0.6) is 0 Å². The van der Waals surface area contributed by atoms with E-state index in [4.69, 9.17) is 11.5 Å². The Kier molecular flexibility index (Phi) is 4.79. The van der Waals surface area contributed by atoms with Gasteiger partial charge >= 0.3 is 0 Å². The molecule has 110 valence electrons. The molecule has 0 atom stereocenters. The number of anilines is 2. The number of amides is 1. The van der Waals surface area contributed by atoms with Crippen LogP contribution in [-0.4, -0.2) is 29.1 Å². The molecule has 5 N–H and O–H groups in total. The molecule has 0 aromatic heterocycles. The fourth-order valence-electron chi connectivity index (χ4n) is 2.16. The Morgan fingerprint density at radius 1 is 1.05 bits per heavy atom. The SMILES string of the molecule is Nc1cc(N)cc(C(=O)N(CCO)Cc2ccccc2)c1. The standard InChI is InChI=1S/C16H19N3O2/c17-14-8-13(9-15(18)10-14)16(21)19(6-7-20)11-12-4-2-1-3-5-12/h1-5,8-10,20H,6-7,11,17-18H2. The highest BCUT2D eigenvalue weighted by Crippen LogP contribution is 2.16. The summed E-state index contributed by atoms with van der Waals surface area (Å²) in [5.74, 6) is -0.202. The normalized spacial score (nSPS) is 10.3. The van der Waals surface area contributed by atoms with Gasteiger partial charge in [0.15, 0.2) is 0 Å². The highest BCUT2D eigenvalue weighted by atomic mass is 16.3. The zero-order valence-corrected chi connectivity index (χ0v) is 11.7. The monoisotopic (exact) mass is 285 g/mol. The zero-order chi connectivity index (χ0) is 15.2. The van der Waals surface area contributed by atoms with Crippen LogP contribution in [0.4, 0.5) is 11.4 Å². The van der Waals surface area contributed by atoms with Crippen LogP contribution >= 0.6 is 0 Å². The number of aliphatic hydroxyl groups is 1. The second kappa shape index (κ2) is 6.76. The lowest BCUT2D eigenvalue weighted by atomic mass is 10.1. The van der Waals surface area contributed by atoms with E-state index in [1.54, 1.807) is 23.1 Å². The largest absolute Gasteiger partial charge is 0.399 e. The van der Waals surface area contributed by atoms with Crippen LogP contribution in [-0.2, 0) is 6.54 Å². The molecule has 1 amide bonds. The molecule has 0 heterocycles. The van der Waals surface area contributed by atoms with Gasteiger partial charge in [0, 0.05) is 30.0 Å².